The monoisotopic (exact) mass is 521 g/mol. The molecule has 6 nitrogen and oxygen atoms in total. The third-order valence-electron chi connectivity index (χ3n) is 7.05. The molecule has 188 valence electrons. The molecule has 0 radical (unpaired) electrons. The molecule has 2 aliphatic rings. The molecular formula is C28H32ClN5OS. The highest BCUT2D eigenvalue weighted by Gasteiger charge is 2.24. The Labute approximate surface area is 221 Å². The number of imidazole rings is 1. The highest BCUT2D eigenvalue weighted by molar-refractivity contribution is 7.98. The lowest BCUT2D eigenvalue weighted by molar-refractivity contribution is 0.532. The van der Waals surface area contributed by atoms with Crippen LogP contribution in [0.3, 0.4) is 0 Å². The number of thioether (sulfide) groups is 1. The SMILES string of the molecule is CCCCn1c(C2C=CC(Cl)=CC2)cnc1Cn1c(SCc2ccccc2N)nc(=O)c2c1CCC2. The molecule has 0 aliphatic heterocycles. The van der Waals surface area contributed by atoms with Crippen LogP contribution in [0, 0.1) is 0 Å². The molecule has 0 fully saturated rings. The Balaban J connectivity index is 1.50. The lowest BCUT2D eigenvalue weighted by atomic mass is 9.97. The number of aromatic nitrogens is 4. The summed E-state index contributed by atoms with van der Waals surface area (Å²) in [4.78, 5) is 22.3. The molecule has 1 aromatic carbocycles. The van der Waals surface area contributed by atoms with Gasteiger partial charge in [0, 0.05) is 52.1 Å². The van der Waals surface area contributed by atoms with Crippen molar-refractivity contribution in [3.05, 3.63) is 92.4 Å². The van der Waals surface area contributed by atoms with Crippen LogP contribution in [0.5, 0.6) is 0 Å². The molecule has 2 aromatic heterocycles. The number of hydrogen-bond acceptors (Lipinski definition) is 5. The van der Waals surface area contributed by atoms with Crippen LogP contribution in [-0.2, 0) is 31.7 Å². The third kappa shape index (κ3) is 5.18. The number of nitrogens with zero attached hydrogens (tertiary/aromatic N) is 4. The molecule has 8 heteroatoms. The maximum Gasteiger partial charge on any atom is 0.277 e. The Hall–Kier alpha value is -2.77. The largest absolute Gasteiger partial charge is 0.398 e. The van der Waals surface area contributed by atoms with Crippen molar-refractivity contribution in [1.29, 1.82) is 0 Å². The highest BCUT2D eigenvalue weighted by Crippen LogP contribution is 2.31. The summed E-state index contributed by atoms with van der Waals surface area (Å²) >= 11 is 7.75. The average molecular weight is 522 g/mol. The minimum atomic E-state index is -0.0895. The van der Waals surface area contributed by atoms with E-state index in [0.29, 0.717) is 12.3 Å². The fourth-order valence-corrected chi connectivity index (χ4v) is 6.24. The lowest BCUT2D eigenvalue weighted by Crippen LogP contribution is -2.23. The van der Waals surface area contributed by atoms with Crippen LogP contribution >= 0.6 is 23.4 Å². The number of anilines is 1. The summed E-state index contributed by atoms with van der Waals surface area (Å²) in [5.74, 6) is 1.93. The Bertz CT molecular complexity index is 1370. The molecule has 5 rings (SSSR count). The van der Waals surface area contributed by atoms with Crippen LogP contribution < -0.4 is 11.3 Å². The summed E-state index contributed by atoms with van der Waals surface area (Å²) in [6.45, 7) is 3.72. The molecule has 0 spiro atoms. The Morgan fingerprint density at radius 2 is 2.08 bits per heavy atom. The van der Waals surface area contributed by atoms with Crippen molar-refractivity contribution in [3.8, 4) is 0 Å². The molecule has 2 aliphatic carbocycles. The second-order valence-electron chi connectivity index (χ2n) is 9.45. The second kappa shape index (κ2) is 11.1. The van der Waals surface area contributed by atoms with Crippen molar-refractivity contribution in [2.24, 2.45) is 0 Å². The normalized spacial score (nSPS) is 16.8. The highest BCUT2D eigenvalue weighted by atomic mass is 35.5. The fraction of sp³-hybridized carbons (Fsp3) is 0.393. The quantitative estimate of drug-likeness (QED) is 0.218. The maximum absolute atomic E-state index is 12.9. The van der Waals surface area contributed by atoms with Crippen molar-refractivity contribution in [3.63, 3.8) is 0 Å². The first-order valence-electron chi connectivity index (χ1n) is 12.7. The summed E-state index contributed by atoms with van der Waals surface area (Å²) < 4.78 is 4.60. The summed E-state index contributed by atoms with van der Waals surface area (Å²) in [7, 11) is 0. The van der Waals surface area contributed by atoms with Crippen molar-refractivity contribution < 1.29 is 0 Å². The minimum Gasteiger partial charge on any atom is -0.398 e. The van der Waals surface area contributed by atoms with E-state index in [1.807, 2.05) is 36.5 Å². The van der Waals surface area contributed by atoms with Crippen molar-refractivity contribution in [1.82, 2.24) is 19.1 Å². The standard InChI is InChI=1S/C28H32ClN5OS/c1-2-3-15-33-25(19-11-13-21(29)14-12-19)16-31-26(33)17-34-24-10-6-8-22(24)27(35)32-28(34)36-18-20-7-4-5-9-23(20)30/h4-5,7,9,11,13-14,16,19H,2-3,6,8,10,12,15,17-18,30H2,1H3. The van der Waals surface area contributed by atoms with Gasteiger partial charge in [-0.25, -0.2) is 4.98 Å². The van der Waals surface area contributed by atoms with Crippen molar-refractivity contribution in [2.75, 3.05) is 5.73 Å². The molecule has 36 heavy (non-hydrogen) atoms. The number of nitrogen functional groups attached to an aromatic ring is 1. The topological polar surface area (TPSA) is 78.7 Å². The van der Waals surface area contributed by atoms with Crippen LogP contribution in [0.4, 0.5) is 5.69 Å². The number of para-hydroxylation sites is 1. The van der Waals surface area contributed by atoms with Gasteiger partial charge in [-0.2, -0.15) is 4.98 Å². The van der Waals surface area contributed by atoms with Gasteiger partial charge < -0.3 is 14.9 Å². The van der Waals surface area contributed by atoms with Gasteiger partial charge in [-0.15, -0.1) is 0 Å². The van der Waals surface area contributed by atoms with E-state index in [1.54, 1.807) is 11.8 Å². The fourth-order valence-electron chi connectivity index (χ4n) is 5.05. The number of nitrogens with two attached hydrogens (primary N) is 1. The number of benzene rings is 1. The predicted molar refractivity (Wildman–Crippen MR) is 148 cm³/mol. The molecule has 1 unspecified atom stereocenters. The van der Waals surface area contributed by atoms with E-state index >= 15 is 0 Å². The van der Waals surface area contributed by atoms with Gasteiger partial charge in [-0.1, -0.05) is 67.1 Å². The van der Waals surface area contributed by atoms with Gasteiger partial charge in [0.1, 0.15) is 5.82 Å². The van der Waals surface area contributed by atoms with E-state index in [-0.39, 0.29) is 11.5 Å². The first-order valence-corrected chi connectivity index (χ1v) is 14.1. The van der Waals surface area contributed by atoms with Crippen LogP contribution in [-0.4, -0.2) is 19.1 Å². The number of unbranched alkanes of at least 4 members (excludes halogenated alkanes) is 1. The van der Waals surface area contributed by atoms with E-state index in [9.17, 15) is 4.79 Å². The molecule has 2 heterocycles. The molecule has 0 bridgehead atoms. The predicted octanol–water partition coefficient (Wildman–Crippen LogP) is 5.82. The zero-order chi connectivity index (χ0) is 25.1. The summed E-state index contributed by atoms with van der Waals surface area (Å²) in [6, 6.07) is 7.86. The molecule has 2 N–H and O–H groups in total. The molecule has 0 saturated carbocycles. The van der Waals surface area contributed by atoms with E-state index in [1.165, 1.54) is 5.69 Å². The van der Waals surface area contributed by atoms with Gasteiger partial charge >= 0.3 is 0 Å². The van der Waals surface area contributed by atoms with Gasteiger partial charge in [0.25, 0.3) is 5.56 Å². The van der Waals surface area contributed by atoms with E-state index < -0.39 is 0 Å². The molecule has 1 atom stereocenters. The van der Waals surface area contributed by atoms with Gasteiger partial charge in [0.15, 0.2) is 5.16 Å². The zero-order valence-electron chi connectivity index (χ0n) is 20.6. The number of rotatable bonds is 9. The van der Waals surface area contributed by atoms with Crippen molar-refractivity contribution in [2.45, 2.75) is 75.4 Å². The van der Waals surface area contributed by atoms with E-state index in [4.69, 9.17) is 22.3 Å². The molecule has 0 amide bonds. The van der Waals surface area contributed by atoms with Crippen LogP contribution in [0.2, 0.25) is 0 Å². The molecule has 0 saturated heterocycles. The van der Waals surface area contributed by atoms with Crippen molar-refractivity contribution >= 4 is 29.1 Å². The number of halogens is 1. The lowest BCUT2D eigenvalue weighted by Gasteiger charge is -2.21. The second-order valence-corrected chi connectivity index (χ2v) is 10.8. The third-order valence-corrected chi connectivity index (χ3v) is 8.36. The summed E-state index contributed by atoms with van der Waals surface area (Å²) in [5, 5.41) is 1.53. The number of fused-ring (bicyclic) bond motifs is 1. The summed E-state index contributed by atoms with van der Waals surface area (Å²) in [5.41, 5.74) is 11.1. The zero-order valence-corrected chi connectivity index (χ0v) is 22.2. The van der Waals surface area contributed by atoms with Crippen LogP contribution in [0.15, 0.2) is 63.7 Å². The van der Waals surface area contributed by atoms with Gasteiger partial charge in [0.2, 0.25) is 0 Å². The maximum atomic E-state index is 12.9. The van der Waals surface area contributed by atoms with Gasteiger partial charge in [0.05, 0.1) is 6.54 Å². The number of allylic oxidation sites excluding steroid dienone is 4. The summed E-state index contributed by atoms with van der Waals surface area (Å²) in [6.07, 6.45) is 14.0. The Morgan fingerprint density at radius 1 is 1.22 bits per heavy atom. The Kier molecular flexibility index (Phi) is 7.67. The first kappa shape index (κ1) is 24.9. The first-order chi connectivity index (χ1) is 17.5. The van der Waals surface area contributed by atoms with Crippen LogP contribution in [0.1, 0.15) is 66.9 Å². The smallest absolute Gasteiger partial charge is 0.277 e. The molecule has 3 aromatic rings. The Morgan fingerprint density at radius 3 is 2.86 bits per heavy atom. The van der Waals surface area contributed by atoms with E-state index in [0.717, 1.165) is 83.6 Å². The van der Waals surface area contributed by atoms with Gasteiger partial charge in [-0.3, -0.25) is 4.79 Å². The minimum absolute atomic E-state index is 0.0895. The van der Waals surface area contributed by atoms with Gasteiger partial charge in [-0.05, 0) is 49.8 Å². The number of hydrogen-bond donors (Lipinski definition) is 1. The average Bonchev–Trinajstić information content (AvgIpc) is 3.53. The van der Waals surface area contributed by atoms with E-state index in [2.05, 4.69) is 33.2 Å². The van der Waals surface area contributed by atoms with Crippen LogP contribution in [0.25, 0.3) is 0 Å². The molecular weight excluding hydrogens is 490 g/mol.